The molecule has 0 spiro atoms. The molecule has 0 aromatic heterocycles. The van der Waals surface area contributed by atoms with Gasteiger partial charge in [0.25, 0.3) is 0 Å². The Labute approximate surface area is 172 Å². The molecular weight excluding hydrogens is 354 g/mol. The van der Waals surface area contributed by atoms with Crippen molar-refractivity contribution in [3.05, 3.63) is 23.8 Å². The maximum absolute atomic E-state index is 9.41. The van der Waals surface area contributed by atoms with Crippen molar-refractivity contribution in [2.24, 2.45) is 0 Å². The molecule has 3 heteroatoms. The third-order valence-corrected chi connectivity index (χ3v) is 5.92. The van der Waals surface area contributed by atoms with E-state index in [9.17, 15) is 5.11 Å². The lowest BCUT2D eigenvalue weighted by Crippen LogP contribution is -1.97. The van der Waals surface area contributed by atoms with E-state index < -0.39 is 0 Å². The van der Waals surface area contributed by atoms with Crippen LogP contribution in [0.25, 0.3) is 0 Å². The fourth-order valence-corrected chi connectivity index (χ4v) is 4.05. The summed E-state index contributed by atoms with van der Waals surface area (Å²) in [5, 5.41) is 9.36. The lowest BCUT2D eigenvalue weighted by Gasteiger charge is -2.12. The van der Waals surface area contributed by atoms with E-state index in [1.54, 1.807) is 12.1 Å². The van der Waals surface area contributed by atoms with E-state index >= 15 is 0 Å². The van der Waals surface area contributed by atoms with Gasteiger partial charge in [0.05, 0.1) is 5.38 Å². The minimum atomic E-state index is -0.0485. The quantitative estimate of drug-likeness (QED) is 0.158. The predicted molar refractivity (Wildman–Crippen MR) is 121 cm³/mol. The van der Waals surface area contributed by atoms with E-state index in [1.807, 2.05) is 6.07 Å². The summed E-state index contributed by atoms with van der Waals surface area (Å²) in [7, 11) is 0. The van der Waals surface area contributed by atoms with Crippen molar-refractivity contribution < 1.29 is 5.11 Å². The molecule has 1 aromatic carbocycles. The third kappa shape index (κ3) is 12.2. The molecule has 0 saturated carbocycles. The molecule has 3 N–H and O–H groups in total. The number of benzene rings is 1. The zero-order valence-corrected chi connectivity index (χ0v) is 18.3. The molecule has 0 saturated heterocycles. The maximum atomic E-state index is 9.41. The minimum Gasteiger partial charge on any atom is -0.508 e. The number of rotatable bonds is 17. The van der Waals surface area contributed by atoms with Gasteiger partial charge in [-0.2, -0.15) is 0 Å². The highest BCUT2D eigenvalue weighted by Crippen LogP contribution is 2.32. The van der Waals surface area contributed by atoms with Crippen molar-refractivity contribution in [2.75, 3.05) is 5.73 Å². The van der Waals surface area contributed by atoms with Crippen molar-refractivity contribution in [2.45, 2.75) is 115 Å². The number of unbranched alkanes of at least 4 members (excludes halogenated alkanes) is 14. The molecule has 0 radical (unpaired) electrons. The summed E-state index contributed by atoms with van der Waals surface area (Å²) in [5.41, 5.74) is 7.47. The van der Waals surface area contributed by atoms with Gasteiger partial charge in [-0.05, 0) is 18.1 Å². The number of hydrogen-bond acceptors (Lipinski definition) is 2. The Hall–Kier alpha value is -0.890. The Kier molecular flexibility index (Phi) is 14.4. The molecule has 0 aliphatic rings. The first kappa shape index (κ1) is 24.1. The Morgan fingerprint density at radius 1 is 0.778 bits per heavy atom. The summed E-state index contributed by atoms with van der Waals surface area (Å²) in [5.74, 6) is 0.201. The van der Waals surface area contributed by atoms with Crippen LogP contribution in [0.1, 0.15) is 121 Å². The summed E-state index contributed by atoms with van der Waals surface area (Å²) in [6.07, 6.45) is 21.6. The highest BCUT2D eigenvalue weighted by molar-refractivity contribution is 6.21. The van der Waals surface area contributed by atoms with Gasteiger partial charge in [0.1, 0.15) is 5.75 Å². The SMILES string of the molecule is CCCCCCCCCCCCCCCCCC(Cl)c1ccc(O)cc1N. The van der Waals surface area contributed by atoms with Crippen LogP contribution in [0.4, 0.5) is 5.69 Å². The second-order valence-electron chi connectivity index (χ2n) is 8.02. The van der Waals surface area contributed by atoms with Crippen molar-refractivity contribution in [1.82, 2.24) is 0 Å². The Morgan fingerprint density at radius 2 is 1.22 bits per heavy atom. The van der Waals surface area contributed by atoms with Gasteiger partial charge >= 0.3 is 0 Å². The fraction of sp³-hybridized carbons (Fsp3) is 0.750. The number of aromatic hydroxyl groups is 1. The number of nitrogen functional groups attached to an aromatic ring is 1. The summed E-state index contributed by atoms with van der Waals surface area (Å²) in [6, 6.07) is 5.08. The molecule has 1 atom stereocenters. The van der Waals surface area contributed by atoms with Crippen molar-refractivity contribution in [3.63, 3.8) is 0 Å². The number of halogens is 1. The number of phenols is 1. The first-order valence-corrected chi connectivity index (χ1v) is 11.8. The first-order chi connectivity index (χ1) is 13.1. The van der Waals surface area contributed by atoms with Crippen LogP contribution in [-0.2, 0) is 0 Å². The van der Waals surface area contributed by atoms with Gasteiger partial charge < -0.3 is 10.8 Å². The molecule has 1 aromatic rings. The molecule has 0 bridgehead atoms. The number of nitrogens with two attached hydrogens (primary N) is 1. The van der Waals surface area contributed by atoms with Gasteiger partial charge in [-0.1, -0.05) is 109 Å². The smallest absolute Gasteiger partial charge is 0.117 e. The number of phenolic OH excluding ortho intramolecular Hbond substituents is 1. The monoisotopic (exact) mass is 395 g/mol. The highest BCUT2D eigenvalue weighted by Gasteiger charge is 2.11. The molecule has 1 rings (SSSR count). The molecule has 2 nitrogen and oxygen atoms in total. The Bertz CT molecular complexity index is 477. The largest absolute Gasteiger partial charge is 0.508 e. The van der Waals surface area contributed by atoms with Gasteiger partial charge in [0.15, 0.2) is 0 Å². The first-order valence-electron chi connectivity index (χ1n) is 11.4. The summed E-state index contributed by atoms with van der Waals surface area (Å²) >= 11 is 6.46. The molecule has 0 amide bonds. The van der Waals surface area contributed by atoms with Crippen LogP contribution in [0.3, 0.4) is 0 Å². The van der Waals surface area contributed by atoms with Crippen LogP contribution in [0, 0.1) is 0 Å². The second-order valence-corrected chi connectivity index (χ2v) is 8.55. The molecule has 0 aliphatic carbocycles. The van der Waals surface area contributed by atoms with Crippen LogP contribution in [0.15, 0.2) is 18.2 Å². The van der Waals surface area contributed by atoms with Gasteiger partial charge in [0.2, 0.25) is 0 Å². The van der Waals surface area contributed by atoms with Gasteiger partial charge in [0, 0.05) is 11.8 Å². The molecule has 1 unspecified atom stereocenters. The van der Waals surface area contributed by atoms with E-state index in [0.717, 1.165) is 18.4 Å². The highest BCUT2D eigenvalue weighted by atomic mass is 35.5. The predicted octanol–water partition coefficient (Wildman–Crippen LogP) is 8.52. The fourth-order valence-electron chi connectivity index (χ4n) is 3.70. The van der Waals surface area contributed by atoms with Gasteiger partial charge in [-0.3, -0.25) is 0 Å². The normalized spacial score (nSPS) is 12.4. The topological polar surface area (TPSA) is 46.2 Å². The van der Waals surface area contributed by atoms with E-state index in [0.29, 0.717) is 5.69 Å². The van der Waals surface area contributed by atoms with E-state index in [4.69, 9.17) is 17.3 Å². The Balaban J connectivity index is 1.87. The van der Waals surface area contributed by atoms with Crippen LogP contribution in [0.2, 0.25) is 0 Å². The average Bonchev–Trinajstić information content (AvgIpc) is 2.64. The Morgan fingerprint density at radius 3 is 1.67 bits per heavy atom. The summed E-state index contributed by atoms with van der Waals surface area (Å²) < 4.78 is 0. The van der Waals surface area contributed by atoms with E-state index in [-0.39, 0.29) is 11.1 Å². The lowest BCUT2D eigenvalue weighted by molar-refractivity contribution is 0.475. The molecule has 27 heavy (non-hydrogen) atoms. The van der Waals surface area contributed by atoms with Crippen LogP contribution >= 0.6 is 11.6 Å². The van der Waals surface area contributed by atoms with Crippen LogP contribution in [-0.4, -0.2) is 5.11 Å². The molecule has 0 heterocycles. The standard InChI is InChI=1S/C24H42ClNO/c1-2-3-4-5-6-7-8-9-10-11-12-13-14-15-16-17-23(25)22-19-18-21(27)20-24(22)26/h18-20,23,27H,2-17,26H2,1H3. The van der Waals surface area contributed by atoms with E-state index in [2.05, 4.69) is 6.92 Å². The molecular formula is C24H42ClNO. The lowest BCUT2D eigenvalue weighted by atomic mass is 10.0. The number of hydrogen-bond donors (Lipinski definition) is 2. The third-order valence-electron chi connectivity index (χ3n) is 5.47. The maximum Gasteiger partial charge on any atom is 0.117 e. The average molecular weight is 396 g/mol. The summed E-state index contributed by atoms with van der Waals surface area (Å²) in [6.45, 7) is 2.28. The minimum absolute atomic E-state index is 0.0485. The summed E-state index contributed by atoms with van der Waals surface area (Å²) in [4.78, 5) is 0. The number of alkyl halides is 1. The number of anilines is 1. The second kappa shape index (κ2) is 16.1. The van der Waals surface area contributed by atoms with Gasteiger partial charge in [-0.15, -0.1) is 11.6 Å². The van der Waals surface area contributed by atoms with E-state index in [1.165, 1.54) is 89.9 Å². The van der Waals surface area contributed by atoms with Gasteiger partial charge in [-0.25, -0.2) is 0 Å². The van der Waals surface area contributed by atoms with Crippen LogP contribution < -0.4 is 5.73 Å². The molecule has 0 aliphatic heterocycles. The zero-order chi connectivity index (χ0) is 19.7. The van der Waals surface area contributed by atoms with Crippen molar-refractivity contribution in [3.8, 4) is 5.75 Å². The van der Waals surface area contributed by atoms with Crippen molar-refractivity contribution in [1.29, 1.82) is 0 Å². The molecule has 156 valence electrons. The van der Waals surface area contributed by atoms with Crippen LogP contribution in [0.5, 0.6) is 5.75 Å². The van der Waals surface area contributed by atoms with Crippen molar-refractivity contribution >= 4 is 17.3 Å². The molecule has 0 fully saturated rings. The zero-order valence-electron chi connectivity index (χ0n) is 17.5.